The van der Waals surface area contributed by atoms with E-state index in [1.165, 1.54) is 7.11 Å². The molecule has 1 N–H and O–H groups in total. The second-order valence-corrected chi connectivity index (χ2v) is 6.35. The monoisotopic (exact) mass is 369 g/mol. The fourth-order valence-corrected chi connectivity index (χ4v) is 2.85. The first-order valence-electron chi connectivity index (χ1n) is 8.95. The van der Waals surface area contributed by atoms with Gasteiger partial charge in [0.1, 0.15) is 12.4 Å². The van der Waals surface area contributed by atoms with Crippen molar-refractivity contribution in [1.82, 2.24) is 5.32 Å². The van der Waals surface area contributed by atoms with Crippen LogP contribution in [0.15, 0.2) is 48.5 Å². The van der Waals surface area contributed by atoms with E-state index in [9.17, 15) is 9.59 Å². The van der Waals surface area contributed by atoms with E-state index in [2.05, 4.69) is 10.1 Å². The van der Waals surface area contributed by atoms with Gasteiger partial charge in [-0.25, -0.2) is 4.79 Å². The smallest absolute Gasteiger partial charge is 0.337 e. The zero-order valence-corrected chi connectivity index (χ0v) is 15.3. The zero-order chi connectivity index (χ0) is 19.1. The van der Waals surface area contributed by atoms with Gasteiger partial charge in [0.25, 0.3) is 5.91 Å². The average molecular weight is 369 g/mol. The maximum Gasteiger partial charge on any atom is 0.337 e. The van der Waals surface area contributed by atoms with E-state index in [0.717, 1.165) is 25.0 Å². The van der Waals surface area contributed by atoms with Crippen LogP contribution < -0.4 is 10.1 Å². The van der Waals surface area contributed by atoms with Crippen molar-refractivity contribution in [3.63, 3.8) is 0 Å². The van der Waals surface area contributed by atoms with E-state index in [-0.39, 0.29) is 18.0 Å². The second-order valence-electron chi connectivity index (χ2n) is 6.35. The highest BCUT2D eigenvalue weighted by Gasteiger charge is 2.16. The molecule has 2 aromatic rings. The van der Waals surface area contributed by atoms with Gasteiger partial charge in [-0.15, -0.1) is 0 Å². The van der Waals surface area contributed by atoms with Crippen molar-refractivity contribution in [3.05, 3.63) is 65.2 Å². The molecule has 27 heavy (non-hydrogen) atoms. The Balaban J connectivity index is 1.52. The van der Waals surface area contributed by atoms with Gasteiger partial charge in [-0.1, -0.05) is 18.2 Å². The summed E-state index contributed by atoms with van der Waals surface area (Å²) < 4.78 is 15.9. The Bertz CT molecular complexity index is 781. The minimum atomic E-state index is -0.384. The molecule has 0 saturated carbocycles. The molecule has 1 aliphatic rings. The van der Waals surface area contributed by atoms with Crippen LogP contribution in [0, 0.1) is 0 Å². The van der Waals surface area contributed by atoms with Crippen molar-refractivity contribution < 1.29 is 23.8 Å². The van der Waals surface area contributed by atoms with Gasteiger partial charge in [0.2, 0.25) is 0 Å². The number of ether oxygens (including phenoxy) is 3. The van der Waals surface area contributed by atoms with Gasteiger partial charge >= 0.3 is 5.97 Å². The molecule has 1 amide bonds. The van der Waals surface area contributed by atoms with E-state index in [4.69, 9.17) is 9.47 Å². The third kappa shape index (κ3) is 5.31. The standard InChI is InChI=1S/C21H23NO5/c1-25-21(24)16-9-7-15(8-10-16)13-22-20(23)17-4-2-5-18(12-17)27-14-19-6-3-11-26-19/h2,4-5,7-10,12,19H,3,6,11,13-14H2,1H3,(H,22,23). The number of esters is 1. The van der Waals surface area contributed by atoms with Gasteiger partial charge in [0.15, 0.2) is 0 Å². The van der Waals surface area contributed by atoms with Gasteiger partial charge in [-0.05, 0) is 48.7 Å². The molecule has 3 rings (SSSR count). The van der Waals surface area contributed by atoms with Crippen LogP contribution >= 0.6 is 0 Å². The van der Waals surface area contributed by atoms with Crippen molar-refractivity contribution >= 4 is 11.9 Å². The van der Waals surface area contributed by atoms with Gasteiger partial charge in [-0.2, -0.15) is 0 Å². The third-order valence-corrected chi connectivity index (χ3v) is 4.38. The molecule has 0 bridgehead atoms. The topological polar surface area (TPSA) is 73.9 Å². The number of amides is 1. The number of carbonyl (C=O) groups excluding carboxylic acids is 2. The number of carbonyl (C=O) groups is 2. The van der Waals surface area contributed by atoms with Crippen LogP contribution in [-0.2, 0) is 16.0 Å². The quantitative estimate of drug-likeness (QED) is 0.760. The predicted molar refractivity (Wildman–Crippen MR) is 99.9 cm³/mol. The summed E-state index contributed by atoms with van der Waals surface area (Å²) in [6.45, 7) is 1.65. The molecule has 142 valence electrons. The molecule has 0 radical (unpaired) electrons. The van der Waals surface area contributed by atoms with Gasteiger partial charge in [0.05, 0.1) is 18.8 Å². The van der Waals surface area contributed by atoms with Gasteiger partial charge in [0, 0.05) is 18.7 Å². The lowest BCUT2D eigenvalue weighted by Crippen LogP contribution is -2.23. The summed E-state index contributed by atoms with van der Waals surface area (Å²) in [5, 5.41) is 2.87. The van der Waals surface area contributed by atoms with Gasteiger partial charge < -0.3 is 19.5 Å². The molecule has 1 atom stereocenters. The molecular formula is C21H23NO5. The molecule has 0 spiro atoms. The molecule has 0 aromatic heterocycles. The maximum absolute atomic E-state index is 12.4. The number of hydrogen-bond donors (Lipinski definition) is 1. The summed E-state index contributed by atoms with van der Waals surface area (Å²) in [4.78, 5) is 23.8. The number of nitrogens with one attached hydrogen (secondary N) is 1. The molecule has 1 unspecified atom stereocenters. The van der Waals surface area contributed by atoms with E-state index < -0.39 is 0 Å². The molecule has 1 heterocycles. The highest BCUT2D eigenvalue weighted by atomic mass is 16.5. The maximum atomic E-state index is 12.4. The van der Waals surface area contributed by atoms with E-state index in [0.29, 0.717) is 30.0 Å². The molecule has 0 aliphatic carbocycles. The molecule has 1 saturated heterocycles. The molecule has 2 aromatic carbocycles. The largest absolute Gasteiger partial charge is 0.491 e. The Hall–Kier alpha value is -2.86. The zero-order valence-electron chi connectivity index (χ0n) is 15.3. The van der Waals surface area contributed by atoms with Crippen molar-refractivity contribution in [1.29, 1.82) is 0 Å². The Labute approximate surface area is 158 Å². The molecule has 6 nitrogen and oxygen atoms in total. The third-order valence-electron chi connectivity index (χ3n) is 4.38. The van der Waals surface area contributed by atoms with E-state index in [1.54, 1.807) is 42.5 Å². The normalized spacial score (nSPS) is 16.0. The summed E-state index contributed by atoms with van der Waals surface area (Å²) >= 11 is 0. The van der Waals surface area contributed by atoms with Crippen LogP contribution in [0.4, 0.5) is 0 Å². The van der Waals surface area contributed by atoms with Crippen LogP contribution in [-0.4, -0.2) is 38.3 Å². The fourth-order valence-electron chi connectivity index (χ4n) is 2.85. The van der Waals surface area contributed by atoms with Crippen LogP contribution in [0.25, 0.3) is 0 Å². The summed E-state index contributed by atoms with van der Waals surface area (Å²) in [5.41, 5.74) is 1.90. The number of rotatable bonds is 7. The summed E-state index contributed by atoms with van der Waals surface area (Å²) in [6.07, 6.45) is 2.21. The van der Waals surface area contributed by atoms with Gasteiger partial charge in [-0.3, -0.25) is 4.79 Å². The summed E-state index contributed by atoms with van der Waals surface area (Å²) in [6, 6.07) is 14.0. The van der Waals surface area contributed by atoms with Crippen molar-refractivity contribution in [3.8, 4) is 5.75 Å². The Morgan fingerprint density at radius 2 is 1.96 bits per heavy atom. The fraction of sp³-hybridized carbons (Fsp3) is 0.333. The van der Waals surface area contributed by atoms with E-state index in [1.807, 2.05) is 6.07 Å². The molecule has 1 aliphatic heterocycles. The predicted octanol–water partition coefficient (Wildman–Crippen LogP) is 2.96. The SMILES string of the molecule is COC(=O)c1ccc(CNC(=O)c2cccc(OCC3CCCO3)c2)cc1. The lowest BCUT2D eigenvalue weighted by atomic mass is 10.1. The highest BCUT2D eigenvalue weighted by molar-refractivity contribution is 5.94. The van der Waals surface area contributed by atoms with Crippen molar-refractivity contribution in [2.75, 3.05) is 20.3 Å². The van der Waals surface area contributed by atoms with Crippen LogP contribution in [0.2, 0.25) is 0 Å². The first-order valence-corrected chi connectivity index (χ1v) is 8.95. The van der Waals surface area contributed by atoms with Crippen LogP contribution in [0.3, 0.4) is 0 Å². The molecule has 6 heteroatoms. The van der Waals surface area contributed by atoms with Crippen molar-refractivity contribution in [2.24, 2.45) is 0 Å². The minimum absolute atomic E-state index is 0.135. The minimum Gasteiger partial charge on any atom is -0.491 e. The molecule has 1 fully saturated rings. The van der Waals surface area contributed by atoms with Crippen LogP contribution in [0.5, 0.6) is 5.75 Å². The number of hydrogen-bond acceptors (Lipinski definition) is 5. The lowest BCUT2D eigenvalue weighted by molar-refractivity contribution is 0.0600. The number of methoxy groups -OCH3 is 1. The van der Waals surface area contributed by atoms with E-state index >= 15 is 0 Å². The molecular weight excluding hydrogens is 346 g/mol. The lowest BCUT2D eigenvalue weighted by Gasteiger charge is -2.12. The van der Waals surface area contributed by atoms with Crippen LogP contribution in [0.1, 0.15) is 39.1 Å². The average Bonchev–Trinajstić information content (AvgIpc) is 3.24. The Morgan fingerprint density at radius 3 is 2.67 bits per heavy atom. The highest BCUT2D eigenvalue weighted by Crippen LogP contribution is 2.17. The summed E-state index contributed by atoms with van der Waals surface area (Å²) in [7, 11) is 1.34. The first kappa shape index (κ1) is 18.9. The first-order chi connectivity index (χ1) is 13.2. The Morgan fingerprint density at radius 1 is 1.15 bits per heavy atom. The number of benzene rings is 2. The Kier molecular flexibility index (Phi) is 6.44. The van der Waals surface area contributed by atoms with Crippen molar-refractivity contribution in [2.45, 2.75) is 25.5 Å². The summed E-state index contributed by atoms with van der Waals surface area (Å²) in [5.74, 6) is 0.0839. The second kappa shape index (κ2) is 9.19.